The lowest BCUT2D eigenvalue weighted by Gasteiger charge is -2.14. The van der Waals surface area contributed by atoms with Crippen molar-refractivity contribution in [3.8, 4) is 5.75 Å². The van der Waals surface area contributed by atoms with Gasteiger partial charge in [-0.05, 0) is 17.5 Å². The lowest BCUT2D eigenvalue weighted by atomic mass is 10.1. The standard InChI is InChI=1S/C11H11ClN2OS/c1-15-9-6-14-4-2-7(9)10(13)11-8(12)3-5-16-11/h2-6,10H,13H2,1H3. The lowest BCUT2D eigenvalue weighted by Crippen LogP contribution is -2.12. The SMILES string of the molecule is COc1cnccc1C(N)c1sccc1Cl. The molecule has 2 aromatic heterocycles. The first-order valence-corrected chi connectivity index (χ1v) is 5.96. The summed E-state index contributed by atoms with van der Waals surface area (Å²) in [5.41, 5.74) is 7.05. The molecule has 84 valence electrons. The van der Waals surface area contributed by atoms with E-state index >= 15 is 0 Å². The molecule has 1 atom stereocenters. The fourth-order valence-corrected chi connectivity index (χ4v) is 2.68. The summed E-state index contributed by atoms with van der Waals surface area (Å²) >= 11 is 7.59. The minimum absolute atomic E-state index is 0.273. The molecule has 3 nitrogen and oxygen atoms in total. The molecule has 2 rings (SSSR count). The van der Waals surface area contributed by atoms with Crippen LogP contribution in [0.4, 0.5) is 0 Å². The second kappa shape index (κ2) is 4.82. The number of rotatable bonds is 3. The van der Waals surface area contributed by atoms with Crippen LogP contribution in [0.1, 0.15) is 16.5 Å². The number of pyridine rings is 1. The van der Waals surface area contributed by atoms with Gasteiger partial charge in [-0.1, -0.05) is 11.6 Å². The molecule has 2 N–H and O–H groups in total. The zero-order valence-corrected chi connectivity index (χ0v) is 10.3. The van der Waals surface area contributed by atoms with Crippen LogP contribution >= 0.6 is 22.9 Å². The summed E-state index contributed by atoms with van der Waals surface area (Å²) in [4.78, 5) is 4.93. The van der Waals surface area contributed by atoms with E-state index in [4.69, 9.17) is 22.1 Å². The molecule has 0 bridgehead atoms. The van der Waals surface area contributed by atoms with Crippen LogP contribution in [0.2, 0.25) is 5.02 Å². The number of hydrogen-bond acceptors (Lipinski definition) is 4. The Morgan fingerprint density at radius 1 is 1.50 bits per heavy atom. The number of halogens is 1. The zero-order valence-electron chi connectivity index (χ0n) is 8.68. The Bertz CT molecular complexity index is 486. The van der Waals surface area contributed by atoms with Crippen molar-refractivity contribution in [2.45, 2.75) is 6.04 Å². The fourth-order valence-electron chi connectivity index (χ4n) is 1.49. The van der Waals surface area contributed by atoms with Crippen molar-refractivity contribution in [2.24, 2.45) is 5.73 Å². The van der Waals surface area contributed by atoms with Crippen LogP contribution in [-0.4, -0.2) is 12.1 Å². The normalized spacial score (nSPS) is 12.4. The third kappa shape index (κ3) is 2.04. The Labute approximate surface area is 103 Å². The van der Waals surface area contributed by atoms with Crippen LogP contribution in [-0.2, 0) is 0 Å². The molecule has 0 aliphatic heterocycles. The van der Waals surface area contributed by atoms with Crippen molar-refractivity contribution in [3.05, 3.63) is 45.4 Å². The van der Waals surface area contributed by atoms with E-state index in [1.807, 2.05) is 17.5 Å². The van der Waals surface area contributed by atoms with E-state index in [0.717, 1.165) is 10.4 Å². The van der Waals surface area contributed by atoms with Crippen molar-refractivity contribution >= 4 is 22.9 Å². The summed E-state index contributed by atoms with van der Waals surface area (Å²) in [5, 5.41) is 2.61. The van der Waals surface area contributed by atoms with E-state index in [1.165, 1.54) is 11.3 Å². The molecule has 0 aromatic carbocycles. The van der Waals surface area contributed by atoms with E-state index in [0.29, 0.717) is 10.8 Å². The largest absolute Gasteiger partial charge is 0.495 e. The first kappa shape index (κ1) is 11.4. The van der Waals surface area contributed by atoms with Crippen LogP contribution in [0.3, 0.4) is 0 Å². The van der Waals surface area contributed by atoms with Gasteiger partial charge in [-0.15, -0.1) is 11.3 Å². The van der Waals surface area contributed by atoms with Gasteiger partial charge in [-0.2, -0.15) is 0 Å². The molecule has 0 radical (unpaired) electrons. The maximum atomic E-state index is 6.16. The molecule has 2 heterocycles. The van der Waals surface area contributed by atoms with Crippen molar-refractivity contribution in [3.63, 3.8) is 0 Å². The monoisotopic (exact) mass is 254 g/mol. The van der Waals surface area contributed by atoms with E-state index in [9.17, 15) is 0 Å². The number of hydrogen-bond donors (Lipinski definition) is 1. The minimum atomic E-state index is -0.273. The molecular weight excluding hydrogens is 244 g/mol. The maximum Gasteiger partial charge on any atom is 0.142 e. The first-order valence-electron chi connectivity index (χ1n) is 4.70. The highest BCUT2D eigenvalue weighted by Gasteiger charge is 2.17. The minimum Gasteiger partial charge on any atom is -0.495 e. The highest BCUT2D eigenvalue weighted by atomic mass is 35.5. The van der Waals surface area contributed by atoms with E-state index in [-0.39, 0.29) is 6.04 Å². The maximum absolute atomic E-state index is 6.16. The fraction of sp³-hybridized carbons (Fsp3) is 0.182. The smallest absolute Gasteiger partial charge is 0.142 e. The van der Waals surface area contributed by atoms with E-state index in [1.54, 1.807) is 19.5 Å². The summed E-state index contributed by atoms with van der Waals surface area (Å²) in [6.07, 6.45) is 3.34. The Hall–Kier alpha value is -1.10. The zero-order chi connectivity index (χ0) is 11.5. The average Bonchev–Trinajstić information content (AvgIpc) is 2.74. The van der Waals surface area contributed by atoms with Gasteiger partial charge in [-0.25, -0.2) is 0 Å². The van der Waals surface area contributed by atoms with Crippen molar-refractivity contribution < 1.29 is 4.74 Å². The highest BCUT2D eigenvalue weighted by Crippen LogP contribution is 2.34. The third-order valence-electron chi connectivity index (χ3n) is 2.30. The molecule has 0 aliphatic rings. The van der Waals surface area contributed by atoms with Crippen LogP contribution < -0.4 is 10.5 Å². The topological polar surface area (TPSA) is 48.1 Å². The molecule has 0 aliphatic carbocycles. The number of nitrogens with zero attached hydrogens (tertiary/aromatic N) is 1. The number of aromatic nitrogens is 1. The Balaban J connectivity index is 2.41. The van der Waals surface area contributed by atoms with Gasteiger partial charge in [0.2, 0.25) is 0 Å². The van der Waals surface area contributed by atoms with E-state index in [2.05, 4.69) is 4.98 Å². The number of thiophene rings is 1. The Morgan fingerprint density at radius 3 is 2.94 bits per heavy atom. The molecule has 0 amide bonds. The van der Waals surface area contributed by atoms with Crippen molar-refractivity contribution in [2.75, 3.05) is 7.11 Å². The first-order chi connectivity index (χ1) is 7.74. The molecule has 5 heteroatoms. The highest BCUT2D eigenvalue weighted by molar-refractivity contribution is 7.10. The van der Waals surface area contributed by atoms with Crippen LogP contribution in [0.5, 0.6) is 5.75 Å². The summed E-state index contributed by atoms with van der Waals surface area (Å²) in [6, 6.07) is 3.42. The predicted molar refractivity (Wildman–Crippen MR) is 66.1 cm³/mol. The van der Waals surface area contributed by atoms with Gasteiger partial charge in [0.15, 0.2) is 0 Å². The van der Waals surface area contributed by atoms with Crippen LogP contribution in [0, 0.1) is 0 Å². The summed E-state index contributed by atoms with van der Waals surface area (Å²) < 4.78 is 5.22. The quantitative estimate of drug-likeness (QED) is 0.916. The van der Waals surface area contributed by atoms with Crippen molar-refractivity contribution in [1.29, 1.82) is 0 Å². The molecule has 0 saturated heterocycles. The van der Waals surface area contributed by atoms with Gasteiger partial charge >= 0.3 is 0 Å². The molecular formula is C11H11ClN2OS. The molecule has 0 fully saturated rings. The summed E-state index contributed by atoms with van der Waals surface area (Å²) in [7, 11) is 1.60. The predicted octanol–water partition coefficient (Wildman–Crippen LogP) is 2.85. The number of ether oxygens (including phenoxy) is 1. The van der Waals surface area contributed by atoms with Gasteiger partial charge in [0, 0.05) is 16.6 Å². The Kier molecular flexibility index (Phi) is 3.43. The van der Waals surface area contributed by atoms with E-state index < -0.39 is 0 Å². The molecule has 16 heavy (non-hydrogen) atoms. The summed E-state index contributed by atoms with van der Waals surface area (Å²) in [5.74, 6) is 0.680. The molecule has 0 saturated carbocycles. The Morgan fingerprint density at radius 2 is 2.31 bits per heavy atom. The van der Waals surface area contributed by atoms with Crippen LogP contribution in [0.25, 0.3) is 0 Å². The third-order valence-corrected chi connectivity index (χ3v) is 3.74. The second-order valence-corrected chi connectivity index (χ2v) is 4.58. The number of nitrogens with two attached hydrogens (primary N) is 1. The lowest BCUT2D eigenvalue weighted by molar-refractivity contribution is 0.406. The van der Waals surface area contributed by atoms with Gasteiger partial charge in [-0.3, -0.25) is 4.98 Å². The molecule has 2 aromatic rings. The van der Waals surface area contributed by atoms with Gasteiger partial charge < -0.3 is 10.5 Å². The second-order valence-electron chi connectivity index (χ2n) is 3.23. The van der Waals surface area contributed by atoms with Crippen molar-refractivity contribution in [1.82, 2.24) is 4.98 Å². The van der Waals surface area contributed by atoms with Gasteiger partial charge in [0.05, 0.1) is 24.4 Å². The number of methoxy groups -OCH3 is 1. The van der Waals surface area contributed by atoms with Gasteiger partial charge in [0.1, 0.15) is 5.75 Å². The molecule has 1 unspecified atom stereocenters. The molecule has 0 spiro atoms. The van der Waals surface area contributed by atoms with Gasteiger partial charge in [0.25, 0.3) is 0 Å². The average molecular weight is 255 g/mol. The van der Waals surface area contributed by atoms with Crippen LogP contribution in [0.15, 0.2) is 29.9 Å². The summed E-state index contributed by atoms with van der Waals surface area (Å²) in [6.45, 7) is 0.